The number of imidazole rings is 1. The molecule has 0 saturated carbocycles. The first kappa shape index (κ1) is 14.1. The molecule has 1 aliphatic heterocycles. The predicted molar refractivity (Wildman–Crippen MR) is 90.6 cm³/mol. The van der Waals surface area contributed by atoms with Crippen molar-refractivity contribution in [3.05, 3.63) is 70.8 Å². The molecule has 4 rings (SSSR count). The number of halogens is 1. The highest BCUT2D eigenvalue weighted by Gasteiger charge is 2.31. The Bertz CT molecular complexity index is 875. The fourth-order valence-electron chi connectivity index (χ4n) is 2.89. The van der Waals surface area contributed by atoms with Gasteiger partial charge in [0.25, 0.3) is 0 Å². The number of pyridine rings is 1. The van der Waals surface area contributed by atoms with Crippen molar-refractivity contribution < 1.29 is 4.79 Å². The number of nitrogens with zero attached hydrogens (tertiary/aromatic N) is 3. The number of aromatic nitrogens is 3. The number of para-hydroxylation sites is 1. The fraction of sp³-hybridized carbons (Fsp3) is 0.118. The molecule has 1 amide bonds. The van der Waals surface area contributed by atoms with Crippen LogP contribution in [-0.4, -0.2) is 20.4 Å². The zero-order valence-corrected chi connectivity index (χ0v) is 13.7. The summed E-state index contributed by atoms with van der Waals surface area (Å²) in [7, 11) is 0. The Hall–Kier alpha value is -2.47. The minimum Gasteiger partial charge on any atom is -0.310 e. The topological polar surface area (TPSA) is 59.8 Å². The van der Waals surface area contributed by atoms with Gasteiger partial charge in [-0.2, -0.15) is 0 Å². The monoisotopic (exact) mass is 368 g/mol. The van der Waals surface area contributed by atoms with Gasteiger partial charge in [0.05, 0.1) is 11.4 Å². The summed E-state index contributed by atoms with van der Waals surface area (Å²) in [6.07, 6.45) is 5.66. The van der Waals surface area contributed by atoms with E-state index in [1.54, 1.807) is 18.7 Å². The number of amides is 1. The van der Waals surface area contributed by atoms with E-state index in [9.17, 15) is 4.79 Å². The molecule has 23 heavy (non-hydrogen) atoms. The molecule has 1 atom stereocenters. The summed E-state index contributed by atoms with van der Waals surface area (Å²) in [5, 5.41) is 2.95. The highest BCUT2D eigenvalue weighted by Crippen LogP contribution is 2.37. The first-order valence-corrected chi connectivity index (χ1v) is 8.05. The van der Waals surface area contributed by atoms with Gasteiger partial charge in [0.15, 0.2) is 0 Å². The van der Waals surface area contributed by atoms with Crippen molar-refractivity contribution in [1.29, 1.82) is 0 Å². The van der Waals surface area contributed by atoms with Crippen LogP contribution in [0.3, 0.4) is 0 Å². The molecule has 0 aliphatic carbocycles. The zero-order chi connectivity index (χ0) is 15.8. The molecule has 1 N–H and O–H groups in total. The highest BCUT2D eigenvalue weighted by atomic mass is 79.9. The maximum absolute atomic E-state index is 12.2. The second kappa shape index (κ2) is 5.62. The summed E-state index contributed by atoms with van der Waals surface area (Å²) < 4.78 is 2.85. The molecular formula is C17H13BrN4O. The van der Waals surface area contributed by atoms with Crippen LogP contribution in [0, 0.1) is 0 Å². The lowest BCUT2D eigenvalue weighted by Gasteiger charge is -2.23. The van der Waals surface area contributed by atoms with E-state index in [1.165, 1.54) is 0 Å². The largest absolute Gasteiger partial charge is 0.310 e. The zero-order valence-electron chi connectivity index (χ0n) is 12.1. The van der Waals surface area contributed by atoms with Crippen LogP contribution in [0.25, 0.3) is 5.69 Å². The molecule has 1 aromatic carbocycles. The Labute approximate surface area is 141 Å². The summed E-state index contributed by atoms with van der Waals surface area (Å²) in [6, 6.07) is 11.7. The number of hydrogen-bond donors (Lipinski definition) is 1. The Morgan fingerprint density at radius 1 is 1.22 bits per heavy atom. The van der Waals surface area contributed by atoms with Gasteiger partial charge < -0.3 is 5.32 Å². The summed E-state index contributed by atoms with van der Waals surface area (Å²) >= 11 is 3.55. The van der Waals surface area contributed by atoms with Gasteiger partial charge in [-0.15, -0.1) is 0 Å². The molecule has 0 spiro atoms. The third-order valence-corrected chi connectivity index (χ3v) is 4.64. The van der Waals surface area contributed by atoms with Crippen molar-refractivity contribution in [2.75, 3.05) is 5.32 Å². The van der Waals surface area contributed by atoms with Gasteiger partial charge >= 0.3 is 0 Å². The number of fused-ring (bicyclic) bond motifs is 1. The van der Waals surface area contributed by atoms with Crippen LogP contribution in [0.5, 0.6) is 0 Å². The molecule has 0 unspecified atom stereocenters. The minimum atomic E-state index is -0.0730. The molecule has 0 saturated heterocycles. The number of carbonyl (C=O) groups excluding carboxylic acids is 1. The summed E-state index contributed by atoms with van der Waals surface area (Å²) in [5.41, 5.74) is 2.81. The van der Waals surface area contributed by atoms with Crippen LogP contribution in [0.15, 0.2) is 59.6 Å². The van der Waals surface area contributed by atoms with E-state index in [0.29, 0.717) is 6.42 Å². The predicted octanol–water partition coefficient (Wildman–Crippen LogP) is 3.50. The SMILES string of the molecule is O=C1C[C@@H](c2cccnc2)c2ncn(-c3ccccc3Br)c2N1. The van der Waals surface area contributed by atoms with E-state index < -0.39 is 0 Å². The second-order valence-corrected chi connectivity index (χ2v) is 6.25. The minimum absolute atomic E-state index is 0.0137. The van der Waals surface area contributed by atoms with Crippen molar-refractivity contribution in [2.45, 2.75) is 12.3 Å². The van der Waals surface area contributed by atoms with Crippen LogP contribution in [0.2, 0.25) is 0 Å². The molecule has 0 bridgehead atoms. The first-order valence-electron chi connectivity index (χ1n) is 7.26. The Balaban J connectivity index is 1.85. The lowest BCUT2D eigenvalue weighted by Crippen LogP contribution is -2.25. The summed E-state index contributed by atoms with van der Waals surface area (Å²) in [5.74, 6) is 0.637. The van der Waals surface area contributed by atoms with Crippen molar-refractivity contribution >= 4 is 27.7 Å². The van der Waals surface area contributed by atoms with Crippen LogP contribution < -0.4 is 5.32 Å². The van der Waals surface area contributed by atoms with Gasteiger partial charge in [0.1, 0.15) is 12.1 Å². The number of anilines is 1. The van der Waals surface area contributed by atoms with Gasteiger partial charge in [0.2, 0.25) is 5.91 Å². The summed E-state index contributed by atoms with van der Waals surface area (Å²) in [6.45, 7) is 0. The second-order valence-electron chi connectivity index (χ2n) is 5.39. The van der Waals surface area contributed by atoms with Crippen molar-refractivity contribution in [2.24, 2.45) is 0 Å². The van der Waals surface area contributed by atoms with E-state index >= 15 is 0 Å². The van der Waals surface area contributed by atoms with Gasteiger partial charge in [0, 0.05) is 29.2 Å². The van der Waals surface area contributed by atoms with E-state index in [0.717, 1.165) is 27.2 Å². The maximum atomic E-state index is 12.2. The highest BCUT2D eigenvalue weighted by molar-refractivity contribution is 9.10. The molecule has 3 heterocycles. The quantitative estimate of drug-likeness (QED) is 0.752. The van der Waals surface area contributed by atoms with Crippen molar-refractivity contribution in [3.8, 4) is 5.69 Å². The number of carbonyl (C=O) groups is 1. The fourth-order valence-corrected chi connectivity index (χ4v) is 3.37. The number of nitrogens with one attached hydrogen (secondary N) is 1. The van der Waals surface area contributed by atoms with Gasteiger partial charge in [-0.25, -0.2) is 4.98 Å². The third kappa shape index (κ3) is 2.45. The Morgan fingerprint density at radius 3 is 2.87 bits per heavy atom. The number of hydrogen-bond acceptors (Lipinski definition) is 3. The normalized spacial score (nSPS) is 16.7. The summed E-state index contributed by atoms with van der Waals surface area (Å²) in [4.78, 5) is 20.9. The van der Waals surface area contributed by atoms with E-state index in [2.05, 4.69) is 31.2 Å². The molecule has 0 radical (unpaired) electrons. The molecule has 6 heteroatoms. The lowest BCUT2D eigenvalue weighted by atomic mass is 9.91. The average Bonchev–Trinajstić information content (AvgIpc) is 2.99. The maximum Gasteiger partial charge on any atom is 0.226 e. The molecule has 0 fully saturated rings. The van der Waals surface area contributed by atoms with Gasteiger partial charge in [-0.1, -0.05) is 18.2 Å². The molecule has 3 aromatic rings. The van der Waals surface area contributed by atoms with Crippen LogP contribution >= 0.6 is 15.9 Å². The van der Waals surface area contributed by atoms with Crippen molar-refractivity contribution in [1.82, 2.24) is 14.5 Å². The van der Waals surface area contributed by atoms with E-state index in [-0.39, 0.29) is 11.8 Å². The third-order valence-electron chi connectivity index (χ3n) is 3.97. The lowest BCUT2D eigenvalue weighted by molar-refractivity contribution is -0.116. The van der Waals surface area contributed by atoms with E-state index in [1.807, 2.05) is 41.0 Å². The first-order chi connectivity index (χ1) is 11.2. The Kier molecular flexibility index (Phi) is 3.46. The Morgan fingerprint density at radius 2 is 2.09 bits per heavy atom. The van der Waals surface area contributed by atoms with Crippen LogP contribution in [-0.2, 0) is 4.79 Å². The molecular weight excluding hydrogens is 356 g/mol. The van der Waals surface area contributed by atoms with E-state index in [4.69, 9.17) is 0 Å². The standard InChI is InChI=1S/C17H13BrN4O/c18-13-5-1-2-6-14(13)22-10-20-16-12(8-15(23)21-17(16)22)11-4-3-7-19-9-11/h1-7,9-10,12H,8H2,(H,21,23)/t12-/m0/s1. The van der Waals surface area contributed by atoms with Crippen LogP contribution in [0.4, 0.5) is 5.82 Å². The average molecular weight is 369 g/mol. The molecule has 1 aliphatic rings. The van der Waals surface area contributed by atoms with Gasteiger partial charge in [-0.05, 0) is 39.7 Å². The molecule has 5 nitrogen and oxygen atoms in total. The molecule has 2 aromatic heterocycles. The molecule has 114 valence electrons. The van der Waals surface area contributed by atoms with Gasteiger partial charge in [-0.3, -0.25) is 14.3 Å². The van der Waals surface area contributed by atoms with Crippen molar-refractivity contribution in [3.63, 3.8) is 0 Å². The number of rotatable bonds is 2. The number of benzene rings is 1. The smallest absolute Gasteiger partial charge is 0.226 e. The van der Waals surface area contributed by atoms with Crippen LogP contribution in [0.1, 0.15) is 23.6 Å².